The summed E-state index contributed by atoms with van der Waals surface area (Å²) >= 11 is 0. The lowest BCUT2D eigenvalue weighted by Gasteiger charge is -2.15. The molecular weight excluding hydrogens is 420 g/mol. The van der Waals surface area contributed by atoms with Crippen LogP contribution in [0.3, 0.4) is 0 Å². The molecule has 0 radical (unpaired) electrons. The van der Waals surface area contributed by atoms with E-state index in [1.54, 1.807) is 21.3 Å². The summed E-state index contributed by atoms with van der Waals surface area (Å²) in [7, 11) is 4.73. The number of benzene rings is 2. The molecule has 0 aliphatic rings. The highest BCUT2D eigenvalue weighted by atomic mass is 16.5. The van der Waals surface area contributed by atoms with Gasteiger partial charge in [-0.05, 0) is 49.6 Å². The molecule has 0 saturated heterocycles. The molecule has 3 aromatic rings. The highest BCUT2D eigenvalue weighted by molar-refractivity contribution is 5.91. The lowest BCUT2D eigenvalue weighted by Crippen LogP contribution is -2.16. The third kappa shape index (κ3) is 4.98. The van der Waals surface area contributed by atoms with Crippen LogP contribution in [-0.2, 0) is 19.6 Å². The Morgan fingerprint density at radius 3 is 2.12 bits per heavy atom. The monoisotopic (exact) mass is 452 g/mol. The van der Waals surface area contributed by atoms with Gasteiger partial charge in [-0.3, -0.25) is 0 Å². The van der Waals surface area contributed by atoms with Crippen LogP contribution < -0.4 is 19.5 Å². The third-order valence-electron chi connectivity index (χ3n) is 6.07. The molecule has 7 nitrogen and oxygen atoms in total. The molecular formula is C26H32N2O5. The molecule has 0 amide bonds. The fraction of sp³-hybridized carbons (Fsp3) is 0.346. The van der Waals surface area contributed by atoms with E-state index in [0.717, 1.165) is 22.5 Å². The standard InChI is InChI=1S/C26H32N2O5/c1-16-9-7-8-10-20(16)15-28-17(2)21(24(18(28)3)26(29)30)14-27-13-19-11-22(31-4)25(33-6)23(12-19)32-5/h7-12,27H,13-15H2,1-6H3,(H,29,30). The van der Waals surface area contributed by atoms with E-state index in [2.05, 4.69) is 28.9 Å². The topological polar surface area (TPSA) is 82.0 Å². The van der Waals surface area contributed by atoms with Crippen LogP contribution in [0, 0.1) is 20.8 Å². The van der Waals surface area contributed by atoms with Crippen molar-refractivity contribution in [1.29, 1.82) is 0 Å². The molecule has 0 aliphatic carbocycles. The number of methoxy groups -OCH3 is 3. The van der Waals surface area contributed by atoms with Crippen LogP contribution in [0.15, 0.2) is 36.4 Å². The number of hydrogen-bond donors (Lipinski definition) is 2. The van der Waals surface area contributed by atoms with Gasteiger partial charge in [0.25, 0.3) is 0 Å². The zero-order chi connectivity index (χ0) is 24.1. The fourth-order valence-corrected chi connectivity index (χ4v) is 4.21. The molecule has 0 atom stereocenters. The van der Waals surface area contributed by atoms with Gasteiger partial charge in [0.05, 0.1) is 26.9 Å². The molecule has 0 unspecified atom stereocenters. The van der Waals surface area contributed by atoms with Crippen molar-refractivity contribution in [2.75, 3.05) is 21.3 Å². The lowest BCUT2D eigenvalue weighted by molar-refractivity contribution is 0.0694. The molecule has 0 bridgehead atoms. The van der Waals surface area contributed by atoms with E-state index in [0.29, 0.717) is 42.4 Å². The molecule has 1 heterocycles. The maximum absolute atomic E-state index is 12.1. The quantitative estimate of drug-likeness (QED) is 0.472. The minimum atomic E-state index is -0.913. The second-order valence-electron chi connectivity index (χ2n) is 7.98. The minimum Gasteiger partial charge on any atom is -0.493 e. The normalized spacial score (nSPS) is 10.8. The largest absolute Gasteiger partial charge is 0.493 e. The fourth-order valence-electron chi connectivity index (χ4n) is 4.21. The maximum atomic E-state index is 12.1. The summed E-state index contributed by atoms with van der Waals surface area (Å²) in [6.45, 7) is 7.49. The van der Waals surface area contributed by atoms with Gasteiger partial charge in [0.15, 0.2) is 11.5 Å². The van der Waals surface area contributed by atoms with Crippen LogP contribution in [0.25, 0.3) is 0 Å². The Morgan fingerprint density at radius 2 is 1.58 bits per heavy atom. The summed E-state index contributed by atoms with van der Waals surface area (Å²) < 4.78 is 18.3. The molecule has 2 N–H and O–H groups in total. The number of ether oxygens (including phenoxy) is 3. The van der Waals surface area contributed by atoms with Gasteiger partial charge in [0.2, 0.25) is 5.75 Å². The average molecular weight is 453 g/mol. The van der Waals surface area contributed by atoms with Crippen LogP contribution in [0.2, 0.25) is 0 Å². The van der Waals surface area contributed by atoms with Crippen molar-refractivity contribution in [2.24, 2.45) is 0 Å². The summed E-state index contributed by atoms with van der Waals surface area (Å²) in [5, 5.41) is 13.3. The van der Waals surface area contributed by atoms with Crippen LogP contribution in [0.4, 0.5) is 0 Å². The second kappa shape index (κ2) is 10.4. The Balaban J connectivity index is 1.86. The van der Waals surface area contributed by atoms with Crippen molar-refractivity contribution in [1.82, 2.24) is 9.88 Å². The third-order valence-corrected chi connectivity index (χ3v) is 6.07. The van der Waals surface area contributed by atoms with E-state index in [1.165, 1.54) is 11.1 Å². The zero-order valence-electron chi connectivity index (χ0n) is 20.1. The number of nitrogens with zero attached hydrogens (tertiary/aromatic N) is 1. The SMILES string of the molecule is COc1cc(CNCc2c(C(=O)O)c(C)n(Cc3ccccc3C)c2C)cc(OC)c1OC. The van der Waals surface area contributed by atoms with Gasteiger partial charge in [-0.25, -0.2) is 4.79 Å². The van der Waals surface area contributed by atoms with E-state index in [9.17, 15) is 9.90 Å². The average Bonchev–Trinajstić information content (AvgIpc) is 3.04. The highest BCUT2D eigenvalue weighted by Crippen LogP contribution is 2.38. The number of carboxylic acids is 1. The van der Waals surface area contributed by atoms with Crippen LogP contribution in [0.5, 0.6) is 17.2 Å². The van der Waals surface area contributed by atoms with Crippen molar-refractivity contribution < 1.29 is 24.1 Å². The molecule has 3 rings (SSSR count). The lowest BCUT2D eigenvalue weighted by atomic mass is 10.1. The van der Waals surface area contributed by atoms with E-state index in [1.807, 2.05) is 38.1 Å². The predicted octanol–water partition coefficient (Wildman–Crippen LogP) is 4.48. The second-order valence-corrected chi connectivity index (χ2v) is 7.98. The van der Waals surface area contributed by atoms with Gasteiger partial charge in [-0.1, -0.05) is 24.3 Å². The zero-order valence-corrected chi connectivity index (χ0v) is 20.1. The summed E-state index contributed by atoms with van der Waals surface area (Å²) in [5.74, 6) is 0.785. The number of nitrogens with one attached hydrogen (secondary N) is 1. The first-order valence-corrected chi connectivity index (χ1v) is 10.8. The summed E-state index contributed by atoms with van der Waals surface area (Å²) in [5.41, 5.74) is 6.16. The van der Waals surface area contributed by atoms with E-state index < -0.39 is 5.97 Å². The molecule has 176 valence electrons. The Labute approximate surface area is 194 Å². The van der Waals surface area contributed by atoms with Crippen LogP contribution in [0.1, 0.15) is 44.0 Å². The maximum Gasteiger partial charge on any atom is 0.337 e. The summed E-state index contributed by atoms with van der Waals surface area (Å²) in [4.78, 5) is 12.1. The summed E-state index contributed by atoms with van der Waals surface area (Å²) in [6.07, 6.45) is 0. The Morgan fingerprint density at radius 1 is 0.939 bits per heavy atom. The van der Waals surface area contributed by atoms with Crippen LogP contribution in [-0.4, -0.2) is 37.0 Å². The van der Waals surface area contributed by atoms with Gasteiger partial charge >= 0.3 is 5.97 Å². The van der Waals surface area contributed by atoms with Gasteiger partial charge in [0.1, 0.15) is 0 Å². The first kappa shape index (κ1) is 24.2. The molecule has 1 aromatic heterocycles. The first-order valence-electron chi connectivity index (χ1n) is 10.8. The molecule has 0 aliphatic heterocycles. The van der Waals surface area contributed by atoms with Crippen molar-refractivity contribution in [3.63, 3.8) is 0 Å². The molecule has 0 spiro atoms. The van der Waals surface area contributed by atoms with Crippen LogP contribution >= 0.6 is 0 Å². The van der Waals surface area contributed by atoms with Crippen molar-refractivity contribution in [3.05, 3.63) is 75.6 Å². The minimum absolute atomic E-state index is 0.360. The number of hydrogen-bond acceptors (Lipinski definition) is 5. The number of rotatable bonds is 10. The number of aromatic carboxylic acids is 1. The van der Waals surface area contributed by atoms with Gasteiger partial charge < -0.3 is 29.2 Å². The van der Waals surface area contributed by atoms with E-state index in [-0.39, 0.29) is 0 Å². The number of carboxylic acid groups (broad SMARTS) is 1. The Bertz CT molecular complexity index is 1120. The highest BCUT2D eigenvalue weighted by Gasteiger charge is 2.23. The number of aromatic nitrogens is 1. The predicted molar refractivity (Wildman–Crippen MR) is 128 cm³/mol. The number of carbonyl (C=O) groups is 1. The van der Waals surface area contributed by atoms with Crippen molar-refractivity contribution >= 4 is 5.97 Å². The van der Waals surface area contributed by atoms with E-state index >= 15 is 0 Å². The van der Waals surface area contributed by atoms with Gasteiger partial charge in [-0.2, -0.15) is 0 Å². The summed E-state index contributed by atoms with van der Waals surface area (Å²) in [6, 6.07) is 11.9. The van der Waals surface area contributed by atoms with E-state index in [4.69, 9.17) is 14.2 Å². The number of aryl methyl sites for hydroxylation is 1. The smallest absolute Gasteiger partial charge is 0.337 e. The molecule has 0 saturated carbocycles. The van der Waals surface area contributed by atoms with Gasteiger partial charge in [0, 0.05) is 36.6 Å². The molecule has 33 heavy (non-hydrogen) atoms. The molecule has 0 fully saturated rings. The molecule has 2 aromatic carbocycles. The van der Waals surface area contributed by atoms with Gasteiger partial charge in [-0.15, -0.1) is 0 Å². The molecule has 7 heteroatoms. The first-order chi connectivity index (χ1) is 15.8. The van der Waals surface area contributed by atoms with Crippen molar-refractivity contribution in [3.8, 4) is 17.2 Å². The Hall–Kier alpha value is -3.45. The Kier molecular flexibility index (Phi) is 7.66. The van der Waals surface area contributed by atoms with Crippen molar-refractivity contribution in [2.45, 2.75) is 40.4 Å².